The fourth-order valence-electron chi connectivity index (χ4n) is 1.11. The van der Waals surface area contributed by atoms with Gasteiger partial charge in [0.2, 0.25) is 0 Å². The highest BCUT2D eigenvalue weighted by Crippen LogP contribution is 2.22. The average Bonchev–Trinajstić information content (AvgIpc) is 2.67. The molecule has 1 aromatic carbocycles. The van der Waals surface area contributed by atoms with Crippen molar-refractivity contribution >= 4 is 0 Å². The standard InChI is InChI=1S/C10H5FN2O/c11-8-4-2-1-3-7(8)9-6-13-10(5-12)14-9/h1-4,6H. The van der Waals surface area contributed by atoms with Crippen LogP contribution in [0.25, 0.3) is 11.3 Å². The molecule has 0 fully saturated rings. The van der Waals surface area contributed by atoms with Crippen LogP contribution < -0.4 is 0 Å². The van der Waals surface area contributed by atoms with Gasteiger partial charge in [0.1, 0.15) is 5.82 Å². The van der Waals surface area contributed by atoms with Crippen molar-refractivity contribution in [1.29, 1.82) is 5.26 Å². The van der Waals surface area contributed by atoms with Crippen LogP contribution in [0, 0.1) is 17.1 Å². The Kier molecular flexibility index (Phi) is 1.99. The number of nitrogens with zero attached hydrogens (tertiary/aromatic N) is 2. The summed E-state index contributed by atoms with van der Waals surface area (Å²) in [4.78, 5) is 3.66. The predicted molar refractivity (Wildman–Crippen MR) is 46.6 cm³/mol. The SMILES string of the molecule is N#Cc1ncc(-c2ccccc2F)o1. The lowest BCUT2D eigenvalue weighted by molar-refractivity contribution is 0.547. The summed E-state index contributed by atoms with van der Waals surface area (Å²) in [6, 6.07) is 7.90. The molecule has 0 aliphatic rings. The summed E-state index contributed by atoms with van der Waals surface area (Å²) < 4.78 is 18.2. The molecule has 0 spiro atoms. The van der Waals surface area contributed by atoms with Gasteiger partial charge in [-0.25, -0.2) is 9.37 Å². The molecule has 14 heavy (non-hydrogen) atoms. The molecule has 0 radical (unpaired) electrons. The first-order valence-electron chi connectivity index (χ1n) is 3.92. The Hall–Kier alpha value is -2.15. The molecule has 0 aliphatic heterocycles. The summed E-state index contributed by atoms with van der Waals surface area (Å²) in [7, 11) is 0. The molecule has 68 valence electrons. The second kappa shape index (κ2) is 3.30. The van der Waals surface area contributed by atoms with Crippen LogP contribution in [0.3, 0.4) is 0 Å². The molecule has 0 saturated carbocycles. The lowest BCUT2D eigenvalue weighted by Crippen LogP contribution is -1.79. The molecule has 0 bridgehead atoms. The average molecular weight is 188 g/mol. The van der Waals surface area contributed by atoms with E-state index in [1.807, 2.05) is 0 Å². The molecule has 0 N–H and O–H groups in total. The number of rotatable bonds is 1. The van der Waals surface area contributed by atoms with Gasteiger partial charge in [-0.3, -0.25) is 0 Å². The van der Waals surface area contributed by atoms with Gasteiger partial charge in [0.25, 0.3) is 0 Å². The first-order chi connectivity index (χ1) is 6.81. The van der Waals surface area contributed by atoms with E-state index in [9.17, 15) is 4.39 Å². The Morgan fingerprint density at radius 1 is 1.36 bits per heavy atom. The zero-order valence-electron chi connectivity index (χ0n) is 7.07. The molecule has 2 aromatic rings. The van der Waals surface area contributed by atoms with Crippen molar-refractivity contribution in [2.75, 3.05) is 0 Å². The van der Waals surface area contributed by atoms with Crippen molar-refractivity contribution in [2.45, 2.75) is 0 Å². The summed E-state index contributed by atoms with van der Waals surface area (Å²) in [5, 5.41) is 8.47. The van der Waals surface area contributed by atoms with E-state index in [1.165, 1.54) is 12.3 Å². The molecule has 2 rings (SSSR count). The van der Waals surface area contributed by atoms with Crippen molar-refractivity contribution in [1.82, 2.24) is 4.98 Å². The smallest absolute Gasteiger partial charge is 0.301 e. The van der Waals surface area contributed by atoms with Gasteiger partial charge >= 0.3 is 5.89 Å². The van der Waals surface area contributed by atoms with E-state index in [1.54, 1.807) is 24.3 Å². The predicted octanol–water partition coefficient (Wildman–Crippen LogP) is 2.35. The van der Waals surface area contributed by atoms with Crippen molar-refractivity contribution in [3.05, 3.63) is 42.2 Å². The van der Waals surface area contributed by atoms with Gasteiger partial charge in [-0.2, -0.15) is 5.26 Å². The number of hydrogen-bond donors (Lipinski definition) is 0. The maximum atomic E-state index is 13.2. The Balaban J connectivity index is 2.51. The first-order valence-corrected chi connectivity index (χ1v) is 3.92. The van der Waals surface area contributed by atoms with Crippen molar-refractivity contribution < 1.29 is 8.81 Å². The topological polar surface area (TPSA) is 49.8 Å². The van der Waals surface area contributed by atoms with E-state index in [0.29, 0.717) is 5.56 Å². The van der Waals surface area contributed by atoms with Crippen LogP contribution >= 0.6 is 0 Å². The van der Waals surface area contributed by atoms with Crippen LogP contribution in [-0.2, 0) is 0 Å². The molecular weight excluding hydrogens is 183 g/mol. The molecule has 4 heteroatoms. The van der Waals surface area contributed by atoms with Crippen LogP contribution in [0.4, 0.5) is 4.39 Å². The fraction of sp³-hybridized carbons (Fsp3) is 0. The minimum atomic E-state index is -0.395. The number of oxazole rings is 1. The number of benzene rings is 1. The molecular formula is C10H5FN2O. The Bertz CT molecular complexity index is 499. The lowest BCUT2D eigenvalue weighted by atomic mass is 10.2. The van der Waals surface area contributed by atoms with Gasteiger partial charge < -0.3 is 4.42 Å². The molecule has 0 unspecified atom stereocenters. The summed E-state index contributed by atoms with van der Waals surface area (Å²) in [6.07, 6.45) is 1.33. The third-order valence-electron chi connectivity index (χ3n) is 1.74. The molecule has 0 saturated heterocycles. The highest BCUT2D eigenvalue weighted by molar-refractivity contribution is 5.57. The Labute approximate surface area is 79.4 Å². The second-order valence-electron chi connectivity index (χ2n) is 2.62. The lowest BCUT2D eigenvalue weighted by Gasteiger charge is -1.95. The Morgan fingerprint density at radius 2 is 2.14 bits per heavy atom. The van der Waals surface area contributed by atoms with Gasteiger partial charge in [0.05, 0.1) is 11.8 Å². The van der Waals surface area contributed by atoms with Crippen molar-refractivity contribution in [2.24, 2.45) is 0 Å². The largest absolute Gasteiger partial charge is 0.428 e. The maximum Gasteiger partial charge on any atom is 0.301 e. The van der Waals surface area contributed by atoms with E-state index in [0.717, 1.165) is 0 Å². The molecule has 3 nitrogen and oxygen atoms in total. The van der Waals surface area contributed by atoms with Crippen molar-refractivity contribution in [3.8, 4) is 17.4 Å². The second-order valence-corrected chi connectivity index (χ2v) is 2.62. The molecule has 1 heterocycles. The Morgan fingerprint density at radius 3 is 2.79 bits per heavy atom. The minimum absolute atomic E-state index is 0.0664. The summed E-state index contributed by atoms with van der Waals surface area (Å²) in [6.45, 7) is 0. The van der Waals surface area contributed by atoms with Crippen LogP contribution in [0.1, 0.15) is 5.89 Å². The van der Waals surface area contributed by atoms with E-state index in [2.05, 4.69) is 4.98 Å². The quantitative estimate of drug-likeness (QED) is 0.690. The molecule has 0 aliphatic carbocycles. The molecule has 0 amide bonds. The number of aromatic nitrogens is 1. The number of hydrogen-bond acceptors (Lipinski definition) is 3. The fourth-order valence-corrected chi connectivity index (χ4v) is 1.11. The van der Waals surface area contributed by atoms with E-state index >= 15 is 0 Å². The zero-order valence-corrected chi connectivity index (χ0v) is 7.07. The summed E-state index contributed by atoms with van der Waals surface area (Å²) in [5.74, 6) is -0.198. The zero-order chi connectivity index (χ0) is 9.97. The number of halogens is 1. The van der Waals surface area contributed by atoms with Crippen LogP contribution in [0.15, 0.2) is 34.9 Å². The van der Waals surface area contributed by atoms with E-state index in [-0.39, 0.29) is 11.7 Å². The van der Waals surface area contributed by atoms with Crippen LogP contribution in [0.5, 0.6) is 0 Å². The van der Waals surface area contributed by atoms with Gasteiger partial charge in [-0.05, 0) is 12.1 Å². The highest BCUT2D eigenvalue weighted by Gasteiger charge is 2.09. The number of nitriles is 1. The maximum absolute atomic E-state index is 13.2. The first kappa shape index (κ1) is 8.45. The van der Waals surface area contributed by atoms with Crippen molar-refractivity contribution in [3.63, 3.8) is 0 Å². The monoisotopic (exact) mass is 188 g/mol. The van der Waals surface area contributed by atoms with Gasteiger partial charge in [0.15, 0.2) is 11.8 Å². The van der Waals surface area contributed by atoms with E-state index < -0.39 is 5.82 Å². The normalized spacial score (nSPS) is 9.71. The highest BCUT2D eigenvalue weighted by atomic mass is 19.1. The van der Waals surface area contributed by atoms with Gasteiger partial charge in [-0.1, -0.05) is 12.1 Å². The third kappa shape index (κ3) is 1.36. The van der Waals surface area contributed by atoms with Gasteiger partial charge in [0, 0.05) is 0 Å². The summed E-state index contributed by atoms with van der Waals surface area (Å²) >= 11 is 0. The molecule has 0 atom stereocenters. The van der Waals surface area contributed by atoms with Gasteiger partial charge in [-0.15, -0.1) is 0 Å². The third-order valence-corrected chi connectivity index (χ3v) is 1.74. The van der Waals surface area contributed by atoms with Crippen LogP contribution in [-0.4, -0.2) is 4.98 Å². The van der Waals surface area contributed by atoms with E-state index in [4.69, 9.17) is 9.68 Å². The molecule has 1 aromatic heterocycles. The van der Waals surface area contributed by atoms with Crippen LogP contribution in [0.2, 0.25) is 0 Å². The summed E-state index contributed by atoms with van der Waals surface area (Å²) in [5.41, 5.74) is 0.307. The minimum Gasteiger partial charge on any atom is -0.428 e.